The lowest BCUT2D eigenvalue weighted by Gasteiger charge is -2.26. The number of ether oxygens (including phenoxy) is 1. The van der Waals surface area contributed by atoms with Crippen molar-refractivity contribution in [3.63, 3.8) is 0 Å². The molecule has 17 heavy (non-hydrogen) atoms. The summed E-state index contributed by atoms with van der Waals surface area (Å²) >= 11 is 0. The summed E-state index contributed by atoms with van der Waals surface area (Å²) in [5.74, 6) is 1.05. The van der Waals surface area contributed by atoms with Crippen LogP contribution in [0.15, 0.2) is 6.20 Å². The van der Waals surface area contributed by atoms with Crippen molar-refractivity contribution in [2.75, 3.05) is 38.3 Å². The minimum Gasteiger partial charge on any atom is -0.383 e. The predicted molar refractivity (Wildman–Crippen MR) is 66.1 cm³/mol. The predicted octanol–water partition coefficient (Wildman–Crippen LogP) is 0.0199. The average Bonchev–Trinajstić information content (AvgIpc) is 2.95. The number of rotatable bonds is 6. The largest absolute Gasteiger partial charge is 0.383 e. The molecule has 1 atom stereocenters. The van der Waals surface area contributed by atoms with Gasteiger partial charge in [0.05, 0.1) is 12.8 Å². The summed E-state index contributed by atoms with van der Waals surface area (Å²) in [7, 11) is 3.65. The molecular weight excluding hydrogens is 218 g/mol. The van der Waals surface area contributed by atoms with Crippen molar-refractivity contribution in [3.05, 3.63) is 6.20 Å². The van der Waals surface area contributed by atoms with Gasteiger partial charge in [0, 0.05) is 33.3 Å². The van der Waals surface area contributed by atoms with Gasteiger partial charge in [-0.2, -0.15) is 0 Å². The monoisotopic (exact) mass is 239 g/mol. The van der Waals surface area contributed by atoms with Crippen molar-refractivity contribution in [2.45, 2.75) is 18.9 Å². The van der Waals surface area contributed by atoms with E-state index in [9.17, 15) is 0 Å². The Morgan fingerprint density at radius 1 is 1.65 bits per heavy atom. The van der Waals surface area contributed by atoms with Crippen LogP contribution in [-0.4, -0.2) is 54.4 Å². The van der Waals surface area contributed by atoms with Gasteiger partial charge in [-0.15, -0.1) is 5.10 Å². The molecule has 1 N–H and O–H groups in total. The fourth-order valence-corrected chi connectivity index (χ4v) is 2.25. The SMILES string of the molecule is COCCN(CC1CCCN1)c1cnnn1C. The minimum absolute atomic E-state index is 0.571. The highest BCUT2D eigenvalue weighted by molar-refractivity contribution is 5.36. The molecule has 0 aliphatic carbocycles. The van der Waals surface area contributed by atoms with Gasteiger partial charge >= 0.3 is 0 Å². The van der Waals surface area contributed by atoms with Gasteiger partial charge in [0.1, 0.15) is 5.82 Å². The van der Waals surface area contributed by atoms with E-state index in [0.717, 1.165) is 32.1 Å². The molecule has 0 aromatic carbocycles. The molecule has 1 aliphatic rings. The molecule has 96 valence electrons. The fourth-order valence-electron chi connectivity index (χ4n) is 2.25. The molecule has 2 heterocycles. The van der Waals surface area contributed by atoms with Gasteiger partial charge in [-0.1, -0.05) is 5.21 Å². The van der Waals surface area contributed by atoms with Gasteiger partial charge in [-0.05, 0) is 19.4 Å². The quantitative estimate of drug-likeness (QED) is 0.758. The lowest BCUT2D eigenvalue weighted by Crippen LogP contribution is -2.40. The van der Waals surface area contributed by atoms with Crippen LogP contribution in [-0.2, 0) is 11.8 Å². The van der Waals surface area contributed by atoms with Crippen LogP contribution >= 0.6 is 0 Å². The van der Waals surface area contributed by atoms with Crippen LogP contribution in [0.3, 0.4) is 0 Å². The molecule has 1 aromatic heterocycles. The van der Waals surface area contributed by atoms with Crippen LogP contribution in [0.2, 0.25) is 0 Å². The lowest BCUT2D eigenvalue weighted by molar-refractivity contribution is 0.204. The first-order chi connectivity index (χ1) is 8.31. The number of nitrogens with zero attached hydrogens (tertiary/aromatic N) is 4. The summed E-state index contributed by atoms with van der Waals surface area (Å²) in [6.07, 6.45) is 4.33. The Morgan fingerprint density at radius 2 is 2.53 bits per heavy atom. The number of aromatic nitrogens is 3. The second-order valence-corrected chi connectivity index (χ2v) is 4.45. The minimum atomic E-state index is 0.571. The second kappa shape index (κ2) is 5.97. The van der Waals surface area contributed by atoms with E-state index in [1.807, 2.05) is 17.9 Å². The lowest BCUT2D eigenvalue weighted by atomic mass is 10.2. The molecular formula is C11H21N5O. The third-order valence-corrected chi connectivity index (χ3v) is 3.18. The van der Waals surface area contributed by atoms with Crippen molar-refractivity contribution in [3.8, 4) is 0 Å². The summed E-state index contributed by atoms with van der Waals surface area (Å²) in [5, 5.41) is 11.4. The highest BCUT2D eigenvalue weighted by Gasteiger charge is 2.19. The van der Waals surface area contributed by atoms with Crippen molar-refractivity contribution in [1.29, 1.82) is 0 Å². The van der Waals surface area contributed by atoms with Crippen LogP contribution < -0.4 is 10.2 Å². The molecule has 1 unspecified atom stereocenters. The Balaban J connectivity index is 1.99. The Morgan fingerprint density at radius 3 is 3.12 bits per heavy atom. The van der Waals surface area contributed by atoms with Crippen molar-refractivity contribution in [1.82, 2.24) is 20.3 Å². The van der Waals surface area contributed by atoms with Gasteiger partial charge in [-0.3, -0.25) is 0 Å². The van der Waals surface area contributed by atoms with E-state index in [1.165, 1.54) is 12.8 Å². The van der Waals surface area contributed by atoms with E-state index in [-0.39, 0.29) is 0 Å². The third-order valence-electron chi connectivity index (χ3n) is 3.18. The first-order valence-electron chi connectivity index (χ1n) is 6.13. The Kier molecular flexibility index (Phi) is 4.33. The molecule has 0 bridgehead atoms. The average molecular weight is 239 g/mol. The van der Waals surface area contributed by atoms with Gasteiger partial charge in [0.2, 0.25) is 0 Å². The van der Waals surface area contributed by atoms with Crippen LogP contribution in [0.4, 0.5) is 5.82 Å². The molecule has 0 saturated carbocycles. The van der Waals surface area contributed by atoms with E-state index >= 15 is 0 Å². The number of hydrogen-bond donors (Lipinski definition) is 1. The zero-order valence-electron chi connectivity index (χ0n) is 10.6. The van der Waals surface area contributed by atoms with Gasteiger partial charge in [-0.25, -0.2) is 4.68 Å². The summed E-state index contributed by atoms with van der Waals surface area (Å²) in [5.41, 5.74) is 0. The highest BCUT2D eigenvalue weighted by Crippen LogP contribution is 2.14. The maximum atomic E-state index is 5.16. The Bertz CT molecular complexity index is 334. The van der Waals surface area contributed by atoms with Gasteiger partial charge < -0.3 is 15.0 Å². The zero-order chi connectivity index (χ0) is 12.1. The fraction of sp³-hybridized carbons (Fsp3) is 0.818. The van der Waals surface area contributed by atoms with E-state index in [2.05, 4.69) is 20.5 Å². The summed E-state index contributed by atoms with van der Waals surface area (Å²) in [6.45, 7) is 3.71. The topological polar surface area (TPSA) is 55.2 Å². The normalized spacial score (nSPS) is 19.8. The number of methoxy groups -OCH3 is 1. The first kappa shape index (κ1) is 12.3. The van der Waals surface area contributed by atoms with E-state index < -0.39 is 0 Å². The van der Waals surface area contributed by atoms with E-state index in [0.29, 0.717) is 6.04 Å². The molecule has 1 aromatic rings. The van der Waals surface area contributed by atoms with Crippen LogP contribution in [0, 0.1) is 0 Å². The summed E-state index contributed by atoms with van der Waals surface area (Å²) < 4.78 is 6.97. The zero-order valence-corrected chi connectivity index (χ0v) is 10.6. The van der Waals surface area contributed by atoms with Crippen molar-refractivity contribution < 1.29 is 4.74 Å². The molecule has 0 radical (unpaired) electrons. The molecule has 1 aliphatic heterocycles. The molecule has 6 nitrogen and oxygen atoms in total. The second-order valence-electron chi connectivity index (χ2n) is 4.45. The molecule has 0 spiro atoms. The van der Waals surface area contributed by atoms with Crippen LogP contribution in [0.5, 0.6) is 0 Å². The van der Waals surface area contributed by atoms with Gasteiger partial charge in [0.15, 0.2) is 0 Å². The Labute approximate surface area is 102 Å². The first-order valence-corrected chi connectivity index (χ1v) is 6.13. The number of anilines is 1. The molecule has 6 heteroatoms. The van der Waals surface area contributed by atoms with Crippen LogP contribution in [0.1, 0.15) is 12.8 Å². The van der Waals surface area contributed by atoms with E-state index in [4.69, 9.17) is 4.74 Å². The highest BCUT2D eigenvalue weighted by atomic mass is 16.5. The van der Waals surface area contributed by atoms with Gasteiger partial charge in [0.25, 0.3) is 0 Å². The third kappa shape index (κ3) is 3.17. The van der Waals surface area contributed by atoms with Crippen molar-refractivity contribution in [2.24, 2.45) is 7.05 Å². The Hall–Kier alpha value is -1.14. The molecule has 1 fully saturated rings. The molecule has 0 amide bonds. The summed E-state index contributed by atoms with van der Waals surface area (Å²) in [6, 6.07) is 0.571. The van der Waals surface area contributed by atoms with Crippen molar-refractivity contribution >= 4 is 5.82 Å². The number of aryl methyl sites for hydroxylation is 1. The standard InChI is InChI=1S/C11H21N5O/c1-15-11(8-13-14-15)16(6-7-17-2)9-10-4-3-5-12-10/h8,10,12H,3-7,9H2,1-2H3. The molecule has 2 rings (SSSR count). The molecule has 1 saturated heterocycles. The summed E-state index contributed by atoms with van der Waals surface area (Å²) in [4.78, 5) is 2.28. The van der Waals surface area contributed by atoms with Crippen LogP contribution in [0.25, 0.3) is 0 Å². The van der Waals surface area contributed by atoms with E-state index in [1.54, 1.807) is 7.11 Å². The number of hydrogen-bond acceptors (Lipinski definition) is 5. The number of nitrogens with one attached hydrogen (secondary N) is 1. The maximum Gasteiger partial charge on any atom is 0.147 e. The maximum absolute atomic E-state index is 5.16. The smallest absolute Gasteiger partial charge is 0.147 e.